The number of nitrogens with zero attached hydrogens (tertiary/aromatic N) is 1. The number of sulfonamides is 1. The molecule has 11 heteroatoms. The minimum atomic E-state index is -3.88. The van der Waals surface area contributed by atoms with Crippen molar-refractivity contribution in [2.24, 2.45) is 5.92 Å². The molecule has 1 saturated heterocycles. The molecule has 2 amide bonds. The molecule has 1 atom stereocenters. The summed E-state index contributed by atoms with van der Waals surface area (Å²) in [5.41, 5.74) is 6.10. The lowest BCUT2D eigenvalue weighted by molar-refractivity contribution is 0.0729. The van der Waals surface area contributed by atoms with Crippen LogP contribution in [0.4, 0.5) is 0 Å². The molecule has 0 bridgehead atoms. The number of hydrogen-bond acceptors (Lipinski definition) is 7. The molecule has 0 saturated carbocycles. The minimum absolute atomic E-state index is 0.0854. The van der Waals surface area contributed by atoms with Crippen molar-refractivity contribution in [1.29, 1.82) is 0 Å². The number of carbonyl (C=O) groups is 2. The van der Waals surface area contributed by atoms with Crippen LogP contribution in [0.1, 0.15) is 43.8 Å². The molecule has 2 heterocycles. The van der Waals surface area contributed by atoms with Crippen LogP contribution in [0.5, 0.6) is 5.75 Å². The number of hydrogen-bond donors (Lipinski definition) is 2. The van der Waals surface area contributed by atoms with E-state index in [1.165, 1.54) is 51.4 Å². The van der Waals surface area contributed by atoms with Crippen LogP contribution in [-0.4, -0.2) is 58.0 Å². The number of fused-ring (bicyclic) bond motifs is 1. The van der Waals surface area contributed by atoms with Crippen LogP contribution in [0, 0.1) is 5.92 Å². The second kappa shape index (κ2) is 9.80. The van der Waals surface area contributed by atoms with Gasteiger partial charge < -0.3 is 9.47 Å². The molecule has 4 rings (SSSR count). The molecule has 1 aromatic carbocycles. The molecule has 0 unspecified atom stereocenters. The number of benzene rings is 1. The van der Waals surface area contributed by atoms with Crippen molar-refractivity contribution in [3.8, 4) is 5.75 Å². The van der Waals surface area contributed by atoms with E-state index in [-0.39, 0.29) is 29.3 Å². The van der Waals surface area contributed by atoms with Gasteiger partial charge in [0.1, 0.15) is 10.6 Å². The molecule has 9 nitrogen and oxygen atoms in total. The number of morpholine rings is 1. The van der Waals surface area contributed by atoms with Crippen molar-refractivity contribution in [2.75, 3.05) is 33.4 Å². The predicted octanol–water partition coefficient (Wildman–Crippen LogP) is 1.98. The standard InChI is InChI=1S/C22H27N3O6S2/c1-14-3-6-18-16(11-14)12-19(32-18)22(27)24-23-21(26)15-4-5-17(30-2)20(13-15)33(28,29)25-7-9-31-10-8-25/h4-5,12-14H,3,6-11H2,1-2H3,(H,23,26)(H,24,27)/t14-/m0/s1. The van der Waals surface area contributed by atoms with E-state index >= 15 is 0 Å². The third-order valence-corrected chi connectivity index (χ3v) is 9.01. The summed E-state index contributed by atoms with van der Waals surface area (Å²) < 4.78 is 38.0. The van der Waals surface area contributed by atoms with Crippen LogP contribution in [0.2, 0.25) is 0 Å². The second-order valence-corrected chi connectivity index (χ2v) is 11.2. The Morgan fingerprint density at radius 2 is 1.88 bits per heavy atom. The van der Waals surface area contributed by atoms with Gasteiger partial charge in [0, 0.05) is 23.5 Å². The average molecular weight is 494 g/mol. The van der Waals surface area contributed by atoms with Gasteiger partial charge in [-0.05, 0) is 55.0 Å². The minimum Gasteiger partial charge on any atom is -0.495 e. The van der Waals surface area contributed by atoms with E-state index in [0.717, 1.165) is 19.3 Å². The normalized spacial score (nSPS) is 18.9. The summed E-state index contributed by atoms with van der Waals surface area (Å²) in [7, 11) is -2.51. The Morgan fingerprint density at radius 3 is 2.61 bits per heavy atom. The van der Waals surface area contributed by atoms with E-state index in [9.17, 15) is 18.0 Å². The quantitative estimate of drug-likeness (QED) is 0.616. The Labute approximate surface area is 197 Å². The molecule has 1 fully saturated rings. The molecular formula is C22H27N3O6S2. The smallest absolute Gasteiger partial charge is 0.279 e. The summed E-state index contributed by atoms with van der Waals surface area (Å²) in [4.78, 5) is 26.9. The zero-order valence-electron chi connectivity index (χ0n) is 18.5. The number of nitrogens with one attached hydrogen (secondary N) is 2. The number of methoxy groups -OCH3 is 1. The van der Waals surface area contributed by atoms with Gasteiger partial charge >= 0.3 is 0 Å². The predicted molar refractivity (Wildman–Crippen MR) is 123 cm³/mol. The molecule has 33 heavy (non-hydrogen) atoms. The lowest BCUT2D eigenvalue weighted by Crippen LogP contribution is -2.42. The fourth-order valence-corrected chi connectivity index (χ4v) is 6.70. The van der Waals surface area contributed by atoms with Crippen LogP contribution in [0.3, 0.4) is 0 Å². The molecule has 1 aliphatic carbocycles. The summed E-state index contributed by atoms with van der Waals surface area (Å²) in [6.07, 6.45) is 3.03. The van der Waals surface area contributed by atoms with E-state index in [1.54, 1.807) is 0 Å². The molecule has 1 aromatic heterocycles. The maximum absolute atomic E-state index is 13.1. The van der Waals surface area contributed by atoms with E-state index in [4.69, 9.17) is 9.47 Å². The van der Waals surface area contributed by atoms with Gasteiger partial charge in [-0.25, -0.2) is 8.42 Å². The Hall–Kier alpha value is -2.47. The molecule has 0 spiro atoms. The Morgan fingerprint density at radius 1 is 1.15 bits per heavy atom. The molecule has 2 aromatic rings. The lowest BCUT2D eigenvalue weighted by Gasteiger charge is -2.26. The van der Waals surface area contributed by atoms with Gasteiger partial charge in [-0.1, -0.05) is 6.92 Å². The summed E-state index contributed by atoms with van der Waals surface area (Å²) in [6, 6.07) is 6.02. The summed E-state index contributed by atoms with van der Waals surface area (Å²) >= 11 is 1.44. The summed E-state index contributed by atoms with van der Waals surface area (Å²) in [5.74, 6) is -0.286. The molecule has 2 N–H and O–H groups in total. The van der Waals surface area contributed by atoms with E-state index < -0.39 is 21.8 Å². The highest BCUT2D eigenvalue weighted by Crippen LogP contribution is 2.32. The highest BCUT2D eigenvalue weighted by Gasteiger charge is 2.30. The molecular weight excluding hydrogens is 466 g/mol. The van der Waals surface area contributed by atoms with Crippen LogP contribution < -0.4 is 15.6 Å². The largest absolute Gasteiger partial charge is 0.495 e. The second-order valence-electron chi connectivity index (χ2n) is 8.20. The van der Waals surface area contributed by atoms with Crippen LogP contribution in [0.15, 0.2) is 29.2 Å². The van der Waals surface area contributed by atoms with E-state index in [1.807, 2.05) is 6.07 Å². The van der Waals surface area contributed by atoms with Crippen LogP contribution in [0.25, 0.3) is 0 Å². The van der Waals surface area contributed by atoms with Crippen molar-refractivity contribution in [1.82, 2.24) is 15.2 Å². The first-order chi connectivity index (χ1) is 15.8. The SMILES string of the molecule is COc1ccc(C(=O)NNC(=O)c2cc3c(s2)CC[C@H](C)C3)cc1S(=O)(=O)N1CCOCC1. The van der Waals surface area contributed by atoms with Gasteiger partial charge in [0.25, 0.3) is 11.8 Å². The van der Waals surface area contributed by atoms with Crippen molar-refractivity contribution in [2.45, 2.75) is 31.1 Å². The van der Waals surface area contributed by atoms with Gasteiger partial charge in [-0.3, -0.25) is 20.4 Å². The summed E-state index contributed by atoms with van der Waals surface area (Å²) in [6.45, 7) is 3.25. The maximum Gasteiger partial charge on any atom is 0.279 e. The number of thiophene rings is 1. The monoisotopic (exact) mass is 493 g/mol. The van der Waals surface area contributed by atoms with Crippen LogP contribution in [-0.2, 0) is 27.6 Å². The maximum atomic E-state index is 13.1. The van der Waals surface area contributed by atoms with E-state index in [0.29, 0.717) is 24.0 Å². The molecule has 2 aliphatic rings. The highest BCUT2D eigenvalue weighted by atomic mass is 32.2. The third-order valence-electron chi connectivity index (χ3n) is 5.86. The zero-order valence-corrected chi connectivity index (χ0v) is 20.2. The number of rotatable bonds is 5. The number of hydrazine groups is 1. The highest BCUT2D eigenvalue weighted by molar-refractivity contribution is 7.89. The summed E-state index contributed by atoms with van der Waals surface area (Å²) in [5, 5.41) is 0. The van der Waals surface area contributed by atoms with Crippen molar-refractivity contribution in [3.63, 3.8) is 0 Å². The van der Waals surface area contributed by atoms with Gasteiger partial charge in [0.2, 0.25) is 10.0 Å². The molecule has 178 valence electrons. The topological polar surface area (TPSA) is 114 Å². The number of amides is 2. The Balaban J connectivity index is 1.47. The Bertz CT molecular complexity index is 1150. The number of carbonyl (C=O) groups excluding carboxylic acids is 2. The fourth-order valence-electron chi connectivity index (χ4n) is 4.01. The van der Waals surface area contributed by atoms with Gasteiger partial charge in [0.15, 0.2) is 0 Å². The first kappa shape index (κ1) is 23.7. The van der Waals surface area contributed by atoms with Gasteiger partial charge in [0.05, 0.1) is 25.2 Å². The first-order valence-corrected chi connectivity index (χ1v) is 13.0. The van der Waals surface area contributed by atoms with E-state index in [2.05, 4.69) is 17.8 Å². The number of ether oxygens (including phenoxy) is 2. The van der Waals surface area contributed by atoms with Gasteiger partial charge in [-0.2, -0.15) is 4.31 Å². The zero-order chi connectivity index (χ0) is 23.6. The third kappa shape index (κ3) is 5.06. The van der Waals surface area contributed by atoms with Crippen molar-refractivity contribution in [3.05, 3.63) is 45.1 Å². The Kier molecular flexibility index (Phi) is 7.03. The lowest BCUT2D eigenvalue weighted by atomic mass is 9.90. The molecule has 0 radical (unpaired) electrons. The van der Waals surface area contributed by atoms with Crippen molar-refractivity contribution < 1.29 is 27.5 Å². The fraction of sp³-hybridized carbons (Fsp3) is 0.455. The number of aryl methyl sites for hydroxylation is 1. The van der Waals surface area contributed by atoms with Crippen LogP contribution >= 0.6 is 11.3 Å². The molecule has 1 aliphatic heterocycles. The average Bonchev–Trinajstić information content (AvgIpc) is 3.25. The van der Waals surface area contributed by atoms with Gasteiger partial charge in [-0.15, -0.1) is 11.3 Å². The van der Waals surface area contributed by atoms with Crippen molar-refractivity contribution >= 4 is 33.2 Å². The first-order valence-electron chi connectivity index (χ1n) is 10.8.